The summed E-state index contributed by atoms with van der Waals surface area (Å²) in [4.78, 5) is 10.7. The highest BCUT2D eigenvalue weighted by Crippen LogP contribution is 2.30. The number of sulfonamides is 1. The van der Waals surface area contributed by atoms with E-state index < -0.39 is 32.7 Å². The van der Waals surface area contributed by atoms with Gasteiger partial charge in [-0.1, -0.05) is 19.8 Å². The standard InChI is InChI=1S/C13H17BrFNO5S/c1-3-4-5-10(13(17)18)16-22(19,20)12-7-9(15)8(14)6-11(12)21-2/h6-7,10,16H,3-5H2,1-2H3,(H,17,18)/t10-/m0/s1. The zero-order valence-corrected chi connectivity index (χ0v) is 14.5. The molecular weight excluding hydrogens is 381 g/mol. The van der Waals surface area contributed by atoms with Crippen molar-refractivity contribution in [2.45, 2.75) is 37.1 Å². The van der Waals surface area contributed by atoms with Gasteiger partial charge in [0, 0.05) is 0 Å². The van der Waals surface area contributed by atoms with Gasteiger partial charge in [-0.2, -0.15) is 4.72 Å². The smallest absolute Gasteiger partial charge is 0.321 e. The first kappa shape index (κ1) is 18.9. The molecule has 0 saturated carbocycles. The van der Waals surface area contributed by atoms with Crippen molar-refractivity contribution < 1.29 is 27.4 Å². The van der Waals surface area contributed by atoms with Crippen molar-refractivity contribution in [1.29, 1.82) is 0 Å². The first-order valence-corrected chi connectivity index (χ1v) is 8.78. The molecule has 1 aromatic carbocycles. The van der Waals surface area contributed by atoms with Crippen LogP contribution in [0.5, 0.6) is 5.75 Å². The summed E-state index contributed by atoms with van der Waals surface area (Å²) in [7, 11) is -2.99. The third kappa shape index (κ3) is 4.65. The molecule has 0 bridgehead atoms. The summed E-state index contributed by atoms with van der Waals surface area (Å²) >= 11 is 2.93. The fourth-order valence-electron chi connectivity index (χ4n) is 1.77. The quantitative estimate of drug-likeness (QED) is 0.702. The van der Waals surface area contributed by atoms with Crippen molar-refractivity contribution in [1.82, 2.24) is 4.72 Å². The van der Waals surface area contributed by atoms with Gasteiger partial charge in [0.2, 0.25) is 10.0 Å². The van der Waals surface area contributed by atoms with Crippen molar-refractivity contribution in [3.05, 3.63) is 22.4 Å². The molecule has 0 spiro atoms. The summed E-state index contributed by atoms with van der Waals surface area (Å²) in [5, 5.41) is 9.10. The van der Waals surface area contributed by atoms with E-state index in [2.05, 4.69) is 20.7 Å². The Labute approximate surface area is 136 Å². The van der Waals surface area contributed by atoms with Crippen LogP contribution in [0.25, 0.3) is 0 Å². The molecule has 9 heteroatoms. The molecule has 0 radical (unpaired) electrons. The van der Waals surface area contributed by atoms with Crippen LogP contribution >= 0.6 is 15.9 Å². The third-order valence-corrected chi connectivity index (χ3v) is 5.04. The number of aliphatic carboxylic acids is 1. The highest BCUT2D eigenvalue weighted by atomic mass is 79.9. The molecular formula is C13H17BrFNO5S. The van der Waals surface area contributed by atoms with Crippen LogP contribution in [0.3, 0.4) is 0 Å². The van der Waals surface area contributed by atoms with Crippen LogP contribution in [0.1, 0.15) is 26.2 Å². The van der Waals surface area contributed by atoms with Crippen LogP contribution < -0.4 is 9.46 Å². The lowest BCUT2D eigenvalue weighted by molar-refractivity contribution is -0.139. The van der Waals surface area contributed by atoms with Crippen LogP contribution in [-0.2, 0) is 14.8 Å². The van der Waals surface area contributed by atoms with Crippen molar-refractivity contribution >= 4 is 31.9 Å². The summed E-state index contributed by atoms with van der Waals surface area (Å²) in [6.45, 7) is 1.86. The molecule has 124 valence electrons. The van der Waals surface area contributed by atoms with Crippen LogP contribution in [-0.4, -0.2) is 32.6 Å². The van der Waals surface area contributed by atoms with Crippen molar-refractivity contribution in [2.24, 2.45) is 0 Å². The highest BCUT2D eigenvalue weighted by Gasteiger charge is 2.28. The van der Waals surface area contributed by atoms with E-state index in [1.165, 1.54) is 13.2 Å². The summed E-state index contributed by atoms with van der Waals surface area (Å²) in [6, 6.07) is 0.678. The maximum Gasteiger partial charge on any atom is 0.321 e. The lowest BCUT2D eigenvalue weighted by atomic mass is 10.1. The molecule has 0 heterocycles. The van der Waals surface area contributed by atoms with E-state index in [9.17, 15) is 17.6 Å². The monoisotopic (exact) mass is 397 g/mol. The largest absolute Gasteiger partial charge is 0.495 e. The van der Waals surface area contributed by atoms with Crippen LogP contribution in [0.15, 0.2) is 21.5 Å². The molecule has 6 nitrogen and oxygen atoms in total. The Morgan fingerprint density at radius 3 is 2.64 bits per heavy atom. The minimum atomic E-state index is -4.23. The van der Waals surface area contributed by atoms with Gasteiger partial charge in [0.1, 0.15) is 22.5 Å². The molecule has 0 aliphatic carbocycles. The number of carboxylic acids is 1. The number of nitrogens with one attached hydrogen (secondary N) is 1. The molecule has 0 unspecified atom stereocenters. The second kappa shape index (κ2) is 7.89. The average Bonchev–Trinajstić information content (AvgIpc) is 2.45. The Morgan fingerprint density at radius 2 is 2.14 bits per heavy atom. The van der Waals surface area contributed by atoms with Crippen LogP contribution in [0.4, 0.5) is 4.39 Å². The van der Waals surface area contributed by atoms with E-state index in [-0.39, 0.29) is 16.6 Å². The summed E-state index contributed by atoms with van der Waals surface area (Å²) in [5.41, 5.74) is 0. The molecule has 1 rings (SSSR count). The summed E-state index contributed by atoms with van der Waals surface area (Å²) in [6.07, 6.45) is 1.42. The van der Waals surface area contributed by atoms with Crippen molar-refractivity contribution in [3.63, 3.8) is 0 Å². The van der Waals surface area contributed by atoms with Gasteiger partial charge >= 0.3 is 5.97 Å². The molecule has 0 aliphatic heterocycles. The molecule has 0 aliphatic rings. The second-order valence-corrected chi connectivity index (χ2v) is 7.11. The molecule has 0 amide bonds. The maximum atomic E-state index is 13.6. The Kier molecular flexibility index (Phi) is 6.76. The number of halogens is 2. The number of ether oxygens (including phenoxy) is 1. The van der Waals surface area contributed by atoms with Crippen LogP contribution in [0, 0.1) is 5.82 Å². The predicted molar refractivity (Wildman–Crippen MR) is 81.9 cm³/mol. The van der Waals surface area contributed by atoms with Gasteiger partial charge in [0.25, 0.3) is 0 Å². The summed E-state index contributed by atoms with van der Waals surface area (Å²) < 4.78 is 45.3. The van der Waals surface area contributed by atoms with E-state index in [4.69, 9.17) is 9.84 Å². The minimum absolute atomic E-state index is 0.0454. The molecule has 22 heavy (non-hydrogen) atoms. The first-order valence-electron chi connectivity index (χ1n) is 6.51. The van der Waals surface area contributed by atoms with Crippen molar-refractivity contribution in [2.75, 3.05) is 7.11 Å². The fourth-order valence-corrected chi connectivity index (χ4v) is 3.48. The second-order valence-electron chi connectivity index (χ2n) is 4.57. The molecule has 0 fully saturated rings. The number of benzene rings is 1. The third-order valence-electron chi connectivity index (χ3n) is 2.94. The Bertz CT molecular complexity index is 650. The zero-order valence-electron chi connectivity index (χ0n) is 12.1. The number of unbranched alkanes of at least 4 members (excludes halogenated alkanes) is 1. The van der Waals surface area contributed by atoms with E-state index >= 15 is 0 Å². The zero-order chi connectivity index (χ0) is 16.9. The van der Waals surface area contributed by atoms with Gasteiger partial charge in [-0.15, -0.1) is 0 Å². The van der Waals surface area contributed by atoms with E-state index in [1.54, 1.807) is 0 Å². The van der Waals surface area contributed by atoms with Gasteiger partial charge < -0.3 is 9.84 Å². The number of carbonyl (C=O) groups is 1. The van der Waals surface area contributed by atoms with Gasteiger partial charge in [-0.05, 0) is 34.5 Å². The fraction of sp³-hybridized carbons (Fsp3) is 0.462. The van der Waals surface area contributed by atoms with E-state index in [1.807, 2.05) is 6.92 Å². The Hall–Kier alpha value is -1.19. The van der Waals surface area contributed by atoms with Gasteiger partial charge in [0.15, 0.2) is 0 Å². The molecule has 2 N–H and O–H groups in total. The number of hydrogen-bond donors (Lipinski definition) is 2. The average molecular weight is 398 g/mol. The molecule has 1 atom stereocenters. The SMILES string of the molecule is CCCC[C@H](NS(=O)(=O)c1cc(F)c(Br)cc1OC)C(=O)O. The Balaban J connectivity index is 3.18. The summed E-state index contributed by atoms with van der Waals surface area (Å²) in [5.74, 6) is -2.16. The topological polar surface area (TPSA) is 92.7 Å². The highest BCUT2D eigenvalue weighted by molar-refractivity contribution is 9.10. The van der Waals surface area contributed by atoms with Gasteiger partial charge in [0.05, 0.1) is 11.6 Å². The molecule has 1 aromatic rings. The minimum Gasteiger partial charge on any atom is -0.495 e. The van der Waals surface area contributed by atoms with E-state index in [0.717, 1.165) is 12.5 Å². The molecule has 0 aromatic heterocycles. The van der Waals surface area contributed by atoms with Crippen molar-refractivity contribution in [3.8, 4) is 5.75 Å². The lowest BCUT2D eigenvalue weighted by Gasteiger charge is -2.16. The maximum absolute atomic E-state index is 13.6. The van der Waals surface area contributed by atoms with Crippen LogP contribution in [0.2, 0.25) is 0 Å². The molecule has 0 saturated heterocycles. The lowest BCUT2D eigenvalue weighted by Crippen LogP contribution is -2.40. The number of carboxylic acid groups (broad SMARTS) is 1. The first-order chi connectivity index (χ1) is 10.2. The Morgan fingerprint density at radius 1 is 1.50 bits per heavy atom. The van der Waals surface area contributed by atoms with Gasteiger partial charge in [-0.3, -0.25) is 4.79 Å². The van der Waals surface area contributed by atoms with E-state index in [0.29, 0.717) is 6.42 Å². The normalized spacial score (nSPS) is 12.9. The number of rotatable bonds is 8. The number of hydrogen-bond acceptors (Lipinski definition) is 4. The van der Waals surface area contributed by atoms with Gasteiger partial charge in [-0.25, -0.2) is 12.8 Å². The predicted octanol–water partition coefficient (Wildman–Crippen LogP) is 2.52. The number of methoxy groups -OCH3 is 1.